The van der Waals surface area contributed by atoms with Crippen molar-refractivity contribution in [3.8, 4) is 0 Å². The first-order valence-electron chi connectivity index (χ1n) is 24.5. The lowest BCUT2D eigenvalue weighted by molar-refractivity contribution is 0.0498. The number of hydrogen-bond acceptors (Lipinski definition) is 4. The van der Waals surface area contributed by atoms with Crippen LogP contribution in [0.3, 0.4) is 0 Å². The van der Waals surface area contributed by atoms with Gasteiger partial charge in [-0.3, -0.25) is 0 Å². The van der Waals surface area contributed by atoms with Gasteiger partial charge in [0.1, 0.15) is 0 Å². The molecule has 0 saturated carbocycles. The normalized spacial score (nSPS) is 11.4. The summed E-state index contributed by atoms with van der Waals surface area (Å²) in [4.78, 5) is 26.4. The number of ether oxygens (including phenoxy) is 2. The van der Waals surface area contributed by atoms with Crippen molar-refractivity contribution >= 4 is 22.7 Å². The fourth-order valence-corrected chi connectivity index (χ4v) is 8.17. The molecular formula is C52H88O4. The summed E-state index contributed by atoms with van der Waals surface area (Å²) in [6.07, 6.45) is 48.0. The Hall–Kier alpha value is -2.36. The van der Waals surface area contributed by atoms with Crippen molar-refractivity contribution in [2.75, 3.05) is 13.2 Å². The van der Waals surface area contributed by atoms with Gasteiger partial charge >= 0.3 is 11.9 Å². The zero-order chi connectivity index (χ0) is 40.0. The summed E-state index contributed by atoms with van der Waals surface area (Å²) in [7, 11) is 0. The number of fused-ring (bicyclic) bond motifs is 1. The topological polar surface area (TPSA) is 52.6 Å². The van der Waals surface area contributed by atoms with Crippen LogP contribution in [0.4, 0.5) is 0 Å². The minimum atomic E-state index is -0.356. The molecule has 0 aliphatic heterocycles. The highest BCUT2D eigenvalue weighted by atomic mass is 16.5. The van der Waals surface area contributed by atoms with Gasteiger partial charge in [0.2, 0.25) is 0 Å². The van der Waals surface area contributed by atoms with E-state index in [4.69, 9.17) is 9.47 Å². The molecule has 0 saturated heterocycles. The van der Waals surface area contributed by atoms with E-state index in [1.807, 2.05) is 24.3 Å². The van der Waals surface area contributed by atoms with Crippen LogP contribution in [0.2, 0.25) is 0 Å². The molecule has 0 amide bonds. The highest BCUT2D eigenvalue weighted by molar-refractivity contribution is 6.13. The molecule has 2 aromatic carbocycles. The summed E-state index contributed by atoms with van der Waals surface area (Å²) < 4.78 is 11.4. The minimum absolute atomic E-state index is 0.355. The first-order chi connectivity index (χ1) is 27.7. The molecule has 0 N–H and O–H groups in total. The fraction of sp³-hybridized carbons (Fsp3) is 0.769. The molecule has 2 rings (SSSR count). The maximum atomic E-state index is 13.2. The van der Waals surface area contributed by atoms with Crippen LogP contribution in [-0.4, -0.2) is 25.2 Å². The van der Waals surface area contributed by atoms with E-state index in [9.17, 15) is 9.59 Å². The standard InChI is InChI=1S/C52H88O4/c1-3-5-7-9-11-13-15-17-19-21-22-23-24-26-28-30-32-34-36-38-46-56-52(54)49-44-40-42-47-41-39-43-48(50(47)49)51(53)55-45-37-35-33-31-29-27-25-20-18-16-14-12-10-8-6-4-2/h39-44H,3-38,45-46H2,1-2H3. The summed E-state index contributed by atoms with van der Waals surface area (Å²) >= 11 is 0. The van der Waals surface area contributed by atoms with Gasteiger partial charge in [-0.25, -0.2) is 9.59 Å². The Kier molecular flexibility index (Phi) is 32.8. The lowest BCUT2D eigenvalue weighted by Gasteiger charge is -2.12. The van der Waals surface area contributed by atoms with E-state index in [2.05, 4.69) is 13.8 Å². The summed E-state index contributed by atoms with van der Waals surface area (Å²) in [5.41, 5.74) is 0.899. The quantitative estimate of drug-likeness (QED) is 0.0500. The van der Waals surface area contributed by atoms with E-state index >= 15 is 0 Å². The van der Waals surface area contributed by atoms with Crippen molar-refractivity contribution in [1.82, 2.24) is 0 Å². The van der Waals surface area contributed by atoms with E-state index in [0.29, 0.717) is 29.7 Å². The molecule has 0 fully saturated rings. The van der Waals surface area contributed by atoms with Gasteiger partial charge in [0.05, 0.1) is 24.3 Å². The van der Waals surface area contributed by atoms with Crippen LogP contribution in [0.1, 0.15) is 266 Å². The second-order valence-corrected chi connectivity index (χ2v) is 17.0. The Labute approximate surface area is 346 Å². The Balaban J connectivity index is 1.49. The second-order valence-electron chi connectivity index (χ2n) is 17.0. The first-order valence-corrected chi connectivity index (χ1v) is 24.5. The van der Waals surface area contributed by atoms with Crippen LogP contribution in [-0.2, 0) is 9.47 Å². The van der Waals surface area contributed by atoms with Gasteiger partial charge < -0.3 is 9.47 Å². The van der Waals surface area contributed by atoms with Crippen LogP contribution >= 0.6 is 0 Å². The maximum absolute atomic E-state index is 13.2. The summed E-state index contributed by atoms with van der Waals surface area (Å²) in [6, 6.07) is 11.2. The van der Waals surface area contributed by atoms with Crippen LogP contribution < -0.4 is 0 Å². The van der Waals surface area contributed by atoms with Crippen LogP contribution in [0.5, 0.6) is 0 Å². The highest BCUT2D eigenvalue weighted by Gasteiger charge is 2.19. The second kappa shape index (κ2) is 36.9. The summed E-state index contributed by atoms with van der Waals surface area (Å²) in [5.74, 6) is -0.711. The predicted molar refractivity (Wildman–Crippen MR) is 242 cm³/mol. The SMILES string of the molecule is CCCCCCCCCCCCCCCCCCCCCCOC(=O)c1cccc2cccc(C(=O)OCCCCCCCCCCCCCCCCCC)c12. The molecule has 0 aromatic heterocycles. The molecule has 0 aliphatic carbocycles. The molecule has 0 atom stereocenters. The third-order valence-corrected chi connectivity index (χ3v) is 11.8. The molecule has 2 aromatic rings. The van der Waals surface area contributed by atoms with E-state index in [1.54, 1.807) is 12.1 Å². The van der Waals surface area contributed by atoms with Crippen molar-refractivity contribution < 1.29 is 19.1 Å². The van der Waals surface area contributed by atoms with E-state index in [1.165, 1.54) is 205 Å². The Morgan fingerprint density at radius 2 is 0.571 bits per heavy atom. The minimum Gasteiger partial charge on any atom is -0.462 e. The molecule has 0 spiro atoms. The van der Waals surface area contributed by atoms with Crippen molar-refractivity contribution in [3.05, 3.63) is 47.5 Å². The van der Waals surface area contributed by atoms with Crippen molar-refractivity contribution in [1.29, 1.82) is 0 Å². The third kappa shape index (κ3) is 25.8. The number of rotatable bonds is 40. The lowest BCUT2D eigenvalue weighted by Crippen LogP contribution is -2.11. The molecule has 4 heteroatoms. The maximum Gasteiger partial charge on any atom is 0.338 e. The molecule has 0 unspecified atom stereocenters. The first kappa shape index (κ1) is 49.8. The Morgan fingerprint density at radius 3 is 0.821 bits per heavy atom. The van der Waals surface area contributed by atoms with Gasteiger partial charge in [0.25, 0.3) is 0 Å². The van der Waals surface area contributed by atoms with Gasteiger partial charge in [-0.1, -0.05) is 256 Å². The van der Waals surface area contributed by atoms with Gasteiger partial charge in [-0.2, -0.15) is 0 Å². The summed E-state index contributed by atoms with van der Waals surface area (Å²) in [6.45, 7) is 5.41. The molecule has 56 heavy (non-hydrogen) atoms. The average molecular weight is 777 g/mol. The number of esters is 2. The predicted octanol–water partition coefficient (Wildman–Crippen LogP) is 17.2. The third-order valence-electron chi connectivity index (χ3n) is 11.8. The van der Waals surface area contributed by atoms with Gasteiger partial charge in [-0.05, 0) is 30.4 Å². The van der Waals surface area contributed by atoms with Crippen molar-refractivity contribution in [2.45, 2.75) is 245 Å². The van der Waals surface area contributed by atoms with Gasteiger partial charge in [0.15, 0.2) is 0 Å². The zero-order valence-electron chi connectivity index (χ0n) is 37.0. The van der Waals surface area contributed by atoms with Crippen molar-refractivity contribution in [2.24, 2.45) is 0 Å². The van der Waals surface area contributed by atoms with Crippen LogP contribution in [0, 0.1) is 0 Å². The van der Waals surface area contributed by atoms with E-state index in [-0.39, 0.29) is 11.9 Å². The van der Waals surface area contributed by atoms with E-state index in [0.717, 1.165) is 31.1 Å². The molecule has 0 radical (unpaired) electrons. The van der Waals surface area contributed by atoms with Gasteiger partial charge in [0, 0.05) is 5.39 Å². The number of carbonyl (C=O) groups excluding carboxylic acids is 2. The highest BCUT2D eigenvalue weighted by Crippen LogP contribution is 2.25. The van der Waals surface area contributed by atoms with E-state index < -0.39 is 0 Å². The van der Waals surface area contributed by atoms with Crippen LogP contribution in [0.25, 0.3) is 10.8 Å². The largest absolute Gasteiger partial charge is 0.462 e. The average Bonchev–Trinajstić information content (AvgIpc) is 3.21. The number of carbonyl (C=O) groups is 2. The summed E-state index contributed by atoms with van der Waals surface area (Å²) in [5, 5.41) is 1.50. The molecule has 0 aliphatic rings. The molecule has 4 nitrogen and oxygen atoms in total. The molecule has 0 heterocycles. The van der Waals surface area contributed by atoms with Crippen LogP contribution in [0.15, 0.2) is 36.4 Å². The molecular weight excluding hydrogens is 689 g/mol. The Bertz CT molecular complexity index is 1200. The fourth-order valence-electron chi connectivity index (χ4n) is 8.17. The molecule has 0 bridgehead atoms. The number of hydrogen-bond donors (Lipinski definition) is 0. The smallest absolute Gasteiger partial charge is 0.338 e. The Morgan fingerprint density at radius 1 is 0.339 bits per heavy atom. The monoisotopic (exact) mass is 777 g/mol. The van der Waals surface area contributed by atoms with Gasteiger partial charge in [-0.15, -0.1) is 0 Å². The molecule has 320 valence electrons. The zero-order valence-corrected chi connectivity index (χ0v) is 37.0. The lowest BCUT2D eigenvalue weighted by atomic mass is 9.99. The van der Waals surface area contributed by atoms with Crippen molar-refractivity contribution in [3.63, 3.8) is 0 Å². The number of benzene rings is 2. The number of unbranched alkanes of at least 4 members (excludes halogenated alkanes) is 34.